The number of halogens is 3. The molecular formula is C13H18F3NO4. The standard InChI is InChI=1S/C13H18F3NO4/c14-13(15,16)8-3-1-7(2-4-8)11(19)17-6-9(18)5-10(17)12(20)21/h7-10,18H,1-6H2,(H,20,21). The molecule has 1 saturated carbocycles. The van der Waals surface area contributed by atoms with Gasteiger partial charge in [-0.1, -0.05) is 0 Å². The summed E-state index contributed by atoms with van der Waals surface area (Å²) in [4.78, 5) is 24.5. The van der Waals surface area contributed by atoms with Crippen LogP contribution in [0.4, 0.5) is 13.2 Å². The van der Waals surface area contributed by atoms with E-state index in [1.165, 1.54) is 0 Å². The molecule has 0 spiro atoms. The van der Waals surface area contributed by atoms with E-state index in [0.717, 1.165) is 4.90 Å². The van der Waals surface area contributed by atoms with E-state index in [0.29, 0.717) is 0 Å². The van der Waals surface area contributed by atoms with Crippen molar-refractivity contribution >= 4 is 11.9 Å². The van der Waals surface area contributed by atoms with E-state index < -0.39 is 42.0 Å². The molecular weight excluding hydrogens is 291 g/mol. The largest absolute Gasteiger partial charge is 0.480 e. The number of hydrogen-bond donors (Lipinski definition) is 2. The van der Waals surface area contributed by atoms with Crippen LogP contribution in [0.2, 0.25) is 0 Å². The van der Waals surface area contributed by atoms with Crippen LogP contribution in [0.1, 0.15) is 32.1 Å². The monoisotopic (exact) mass is 309 g/mol. The van der Waals surface area contributed by atoms with Crippen LogP contribution in [0.5, 0.6) is 0 Å². The van der Waals surface area contributed by atoms with Gasteiger partial charge in [0.1, 0.15) is 6.04 Å². The quantitative estimate of drug-likeness (QED) is 0.808. The number of aliphatic hydroxyl groups is 1. The van der Waals surface area contributed by atoms with Crippen LogP contribution >= 0.6 is 0 Å². The SMILES string of the molecule is O=C(O)C1CC(O)CN1C(=O)C1CCC(C(F)(F)F)CC1. The van der Waals surface area contributed by atoms with Crippen molar-refractivity contribution in [1.29, 1.82) is 0 Å². The average molecular weight is 309 g/mol. The van der Waals surface area contributed by atoms with E-state index in [1.54, 1.807) is 0 Å². The second-order valence-electron chi connectivity index (χ2n) is 5.82. The van der Waals surface area contributed by atoms with Crippen molar-refractivity contribution in [3.63, 3.8) is 0 Å². The minimum Gasteiger partial charge on any atom is -0.480 e. The number of likely N-dealkylation sites (tertiary alicyclic amines) is 1. The van der Waals surface area contributed by atoms with Gasteiger partial charge in [-0.15, -0.1) is 0 Å². The number of aliphatic hydroxyl groups excluding tert-OH is 1. The smallest absolute Gasteiger partial charge is 0.391 e. The van der Waals surface area contributed by atoms with Gasteiger partial charge in [0.05, 0.1) is 12.0 Å². The third kappa shape index (κ3) is 3.48. The van der Waals surface area contributed by atoms with Crippen molar-refractivity contribution in [2.75, 3.05) is 6.54 Å². The predicted octanol–water partition coefficient (Wildman–Crippen LogP) is 1.40. The molecule has 2 unspecified atom stereocenters. The van der Waals surface area contributed by atoms with Crippen molar-refractivity contribution in [2.24, 2.45) is 11.8 Å². The molecule has 0 radical (unpaired) electrons. The van der Waals surface area contributed by atoms with Gasteiger partial charge in [0, 0.05) is 18.9 Å². The Kier molecular flexibility index (Phi) is 4.46. The topological polar surface area (TPSA) is 77.8 Å². The number of hydrogen-bond acceptors (Lipinski definition) is 3. The molecule has 8 heteroatoms. The molecule has 0 aromatic rings. The molecule has 5 nitrogen and oxygen atoms in total. The van der Waals surface area contributed by atoms with Crippen molar-refractivity contribution < 1.29 is 33.0 Å². The lowest BCUT2D eigenvalue weighted by Crippen LogP contribution is -2.45. The highest BCUT2D eigenvalue weighted by atomic mass is 19.4. The second-order valence-corrected chi connectivity index (χ2v) is 5.82. The number of carboxylic acid groups (broad SMARTS) is 1. The summed E-state index contributed by atoms with van der Waals surface area (Å²) >= 11 is 0. The van der Waals surface area contributed by atoms with E-state index in [4.69, 9.17) is 5.11 Å². The molecule has 120 valence electrons. The molecule has 1 aliphatic carbocycles. The zero-order valence-corrected chi connectivity index (χ0v) is 11.3. The van der Waals surface area contributed by atoms with Crippen molar-refractivity contribution in [1.82, 2.24) is 4.90 Å². The zero-order valence-electron chi connectivity index (χ0n) is 11.3. The van der Waals surface area contributed by atoms with E-state index in [9.17, 15) is 27.9 Å². The molecule has 1 aliphatic heterocycles. The molecule has 0 aromatic carbocycles. The van der Waals surface area contributed by atoms with Gasteiger partial charge in [0.25, 0.3) is 0 Å². The number of rotatable bonds is 2. The normalized spacial score (nSPS) is 34.0. The van der Waals surface area contributed by atoms with Crippen LogP contribution < -0.4 is 0 Å². The molecule has 21 heavy (non-hydrogen) atoms. The number of nitrogens with zero attached hydrogens (tertiary/aromatic N) is 1. The van der Waals surface area contributed by atoms with Crippen LogP contribution in [-0.2, 0) is 9.59 Å². The molecule has 2 atom stereocenters. The molecule has 2 aliphatic rings. The Labute approximate surface area is 119 Å². The Balaban J connectivity index is 1.97. The summed E-state index contributed by atoms with van der Waals surface area (Å²) in [5.74, 6) is -3.58. The van der Waals surface area contributed by atoms with Crippen LogP contribution in [0.15, 0.2) is 0 Å². The fourth-order valence-corrected chi connectivity index (χ4v) is 3.19. The summed E-state index contributed by atoms with van der Waals surface area (Å²) < 4.78 is 37.8. The number of carbonyl (C=O) groups is 2. The number of alkyl halides is 3. The fraction of sp³-hybridized carbons (Fsp3) is 0.846. The highest BCUT2D eigenvalue weighted by Crippen LogP contribution is 2.40. The fourth-order valence-electron chi connectivity index (χ4n) is 3.19. The molecule has 0 aromatic heterocycles. The molecule has 1 amide bonds. The van der Waals surface area contributed by atoms with Gasteiger partial charge >= 0.3 is 12.1 Å². The van der Waals surface area contributed by atoms with E-state index in [1.807, 2.05) is 0 Å². The number of β-amino-alcohol motifs (C(OH)–C–C–N with tert-alkyl or cyclic N) is 1. The van der Waals surface area contributed by atoms with E-state index in [2.05, 4.69) is 0 Å². The first-order chi connectivity index (χ1) is 9.70. The Bertz CT molecular complexity index is 418. The van der Waals surface area contributed by atoms with Gasteiger partial charge in [0.2, 0.25) is 5.91 Å². The lowest BCUT2D eigenvalue weighted by Gasteiger charge is -2.32. The first kappa shape index (κ1) is 16.1. The first-order valence-electron chi connectivity index (χ1n) is 6.98. The van der Waals surface area contributed by atoms with E-state index in [-0.39, 0.29) is 38.6 Å². The maximum atomic E-state index is 12.6. The summed E-state index contributed by atoms with van der Waals surface area (Å²) in [7, 11) is 0. The van der Waals surface area contributed by atoms with Gasteiger partial charge in [0.15, 0.2) is 0 Å². The van der Waals surface area contributed by atoms with E-state index >= 15 is 0 Å². The second kappa shape index (κ2) is 5.82. The van der Waals surface area contributed by atoms with Gasteiger partial charge in [-0.25, -0.2) is 4.79 Å². The molecule has 2 rings (SSSR count). The van der Waals surface area contributed by atoms with Gasteiger partial charge in [-0.2, -0.15) is 13.2 Å². The van der Waals surface area contributed by atoms with Crippen molar-refractivity contribution in [2.45, 2.75) is 50.4 Å². The summed E-state index contributed by atoms with van der Waals surface area (Å²) in [6, 6.07) is -1.08. The molecule has 2 fully saturated rings. The summed E-state index contributed by atoms with van der Waals surface area (Å²) in [5.41, 5.74) is 0. The first-order valence-corrected chi connectivity index (χ1v) is 6.98. The molecule has 0 bridgehead atoms. The van der Waals surface area contributed by atoms with Crippen molar-refractivity contribution in [3.05, 3.63) is 0 Å². The summed E-state index contributed by atoms with van der Waals surface area (Å²) in [5, 5.41) is 18.6. The van der Waals surface area contributed by atoms with Crippen LogP contribution in [0.25, 0.3) is 0 Å². The minimum atomic E-state index is -4.23. The van der Waals surface area contributed by atoms with Gasteiger partial charge < -0.3 is 15.1 Å². The van der Waals surface area contributed by atoms with Gasteiger partial charge in [-0.3, -0.25) is 4.79 Å². The highest BCUT2D eigenvalue weighted by Gasteiger charge is 2.45. The Morgan fingerprint density at radius 1 is 1.10 bits per heavy atom. The van der Waals surface area contributed by atoms with Crippen LogP contribution in [0.3, 0.4) is 0 Å². The Hall–Kier alpha value is -1.31. The third-order valence-corrected chi connectivity index (χ3v) is 4.39. The Morgan fingerprint density at radius 3 is 2.14 bits per heavy atom. The molecule has 1 heterocycles. The maximum Gasteiger partial charge on any atom is 0.391 e. The maximum absolute atomic E-state index is 12.6. The lowest BCUT2D eigenvalue weighted by molar-refractivity contribution is -0.185. The Morgan fingerprint density at radius 2 is 1.67 bits per heavy atom. The van der Waals surface area contributed by atoms with Gasteiger partial charge in [-0.05, 0) is 25.7 Å². The summed E-state index contributed by atoms with van der Waals surface area (Å²) in [6.07, 6.45) is -5.13. The zero-order chi connectivity index (χ0) is 15.8. The average Bonchev–Trinajstić information content (AvgIpc) is 2.79. The van der Waals surface area contributed by atoms with Crippen LogP contribution in [-0.4, -0.2) is 51.9 Å². The molecule has 1 saturated heterocycles. The number of aliphatic carboxylic acids is 1. The lowest BCUT2D eigenvalue weighted by atomic mass is 9.81. The molecule has 2 N–H and O–H groups in total. The predicted molar refractivity (Wildman–Crippen MR) is 65.3 cm³/mol. The van der Waals surface area contributed by atoms with Crippen molar-refractivity contribution in [3.8, 4) is 0 Å². The highest BCUT2D eigenvalue weighted by molar-refractivity contribution is 5.85. The number of carboxylic acids is 1. The van der Waals surface area contributed by atoms with Crippen LogP contribution in [0, 0.1) is 11.8 Å². The minimum absolute atomic E-state index is 0.0288. The summed E-state index contributed by atoms with van der Waals surface area (Å²) in [6.45, 7) is -0.0605. The third-order valence-electron chi connectivity index (χ3n) is 4.39. The number of amides is 1. The number of carbonyl (C=O) groups excluding carboxylic acids is 1.